The summed E-state index contributed by atoms with van der Waals surface area (Å²) in [6, 6.07) is 11.7. The van der Waals surface area contributed by atoms with Crippen molar-refractivity contribution in [3.8, 4) is 6.01 Å². The maximum absolute atomic E-state index is 12.6. The summed E-state index contributed by atoms with van der Waals surface area (Å²) in [6.45, 7) is -1.25. The minimum atomic E-state index is -4.55. The first-order valence-electron chi connectivity index (χ1n) is 9.37. The number of aromatic nitrogens is 3. The summed E-state index contributed by atoms with van der Waals surface area (Å²) in [5.41, 5.74) is 2.87. The molecule has 1 amide bonds. The number of ether oxygens (including phenoxy) is 1. The van der Waals surface area contributed by atoms with Crippen LogP contribution < -0.4 is 20.7 Å². The van der Waals surface area contributed by atoms with E-state index in [1.165, 1.54) is 0 Å². The van der Waals surface area contributed by atoms with E-state index in [1.54, 1.807) is 42.5 Å². The van der Waals surface area contributed by atoms with Gasteiger partial charge in [0.15, 0.2) is 6.61 Å². The smallest absolute Gasteiger partial charge is 0.422 e. The first-order chi connectivity index (χ1) is 15.2. The van der Waals surface area contributed by atoms with Crippen molar-refractivity contribution in [1.29, 1.82) is 0 Å². The fraction of sp³-hybridized carbons (Fsp3) is 0.200. The van der Waals surface area contributed by atoms with Crippen LogP contribution in [0.2, 0.25) is 5.02 Å². The summed E-state index contributed by atoms with van der Waals surface area (Å²) in [5, 5.41) is 9.13. The van der Waals surface area contributed by atoms with Gasteiger partial charge in [0.1, 0.15) is 0 Å². The fourth-order valence-corrected chi connectivity index (χ4v) is 3.03. The van der Waals surface area contributed by atoms with E-state index in [-0.39, 0.29) is 24.2 Å². The lowest BCUT2D eigenvalue weighted by Crippen LogP contribution is -2.21. The van der Waals surface area contributed by atoms with Crippen molar-refractivity contribution in [3.05, 3.63) is 58.6 Å². The number of nitrogens with one attached hydrogen (secondary N) is 3. The monoisotopic (exact) mass is 464 g/mol. The Hall–Kier alpha value is -3.60. The van der Waals surface area contributed by atoms with Gasteiger partial charge in [0.25, 0.3) is 0 Å². The molecule has 0 spiro atoms. The summed E-state index contributed by atoms with van der Waals surface area (Å²) in [5.74, 6) is -0.127. The number of fused-ring (bicyclic) bond motifs is 1. The van der Waals surface area contributed by atoms with E-state index < -0.39 is 18.8 Å². The largest absolute Gasteiger partial charge is 0.454 e. The highest BCUT2D eigenvalue weighted by atomic mass is 35.5. The maximum Gasteiger partial charge on any atom is 0.422 e. The number of hydrogen-bond donors (Lipinski definition) is 3. The maximum atomic E-state index is 12.6. The van der Waals surface area contributed by atoms with Crippen LogP contribution in [0.4, 0.5) is 36.4 Å². The van der Waals surface area contributed by atoms with Crippen molar-refractivity contribution in [2.24, 2.45) is 0 Å². The predicted octanol–water partition coefficient (Wildman–Crippen LogP) is 4.32. The molecule has 3 N–H and O–H groups in total. The molecule has 2 aromatic carbocycles. The number of carbonyl (C=O) groups excluding carboxylic acids is 1. The molecular weight excluding hydrogens is 449 g/mol. The third kappa shape index (κ3) is 5.76. The molecule has 32 heavy (non-hydrogen) atoms. The molecule has 12 heteroatoms. The Morgan fingerprint density at radius 1 is 1.06 bits per heavy atom. The Bertz CT molecular complexity index is 1140. The molecule has 0 radical (unpaired) electrons. The fourth-order valence-electron chi connectivity index (χ4n) is 2.91. The highest BCUT2D eigenvalue weighted by Gasteiger charge is 2.29. The zero-order valence-electron chi connectivity index (χ0n) is 16.3. The van der Waals surface area contributed by atoms with Crippen molar-refractivity contribution in [2.75, 3.05) is 22.6 Å². The topological polar surface area (TPSA) is 101 Å². The highest BCUT2D eigenvalue weighted by Crippen LogP contribution is 2.28. The zero-order chi connectivity index (χ0) is 22.7. The third-order valence-corrected chi connectivity index (χ3v) is 4.59. The number of hydrogen-bond acceptors (Lipinski definition) is 7. The Labute approximate surface area is 185 Å². The number of halogens is 4. The number of nitrogens with zero attached hydrogens (tertiary/aromatic N) is 3. The molecule has 1 aliphatic heterocycles. The van der Waals surface area contributed by atoms with Gasteiger partial charge in [0.05, 0.1) is 6.42 Å². The molecule has 0 unspecified atom stereocenters. The van der Waals surface area contributed by atoms with Crippen molar-refractivity contribution in [1.82, 2.24) is 15.0 Å². The van der Waals surface area contributed by atoms with E-state index in [0.29, 0.717) is 22.9 Å². The van der Waals surface area contributed by atoms with E-state index in [4.69, 9.17) is 16.3 Å². The van der Waals surface area contributed by atoms with Gasteiger partial charge >= 0.3 is 12.2 Å². The van der Waals surface area contributed by atoms with Crippen molar-refractivity contribution < 1.29 is 22.7 Å². The molecule has 0 saturated carbocycles. The van der Waals surface area contributed by atoms with Gasteiger partial charge in [-0.1, -0.05) is 29.8 Å². The first kappa shape index (κ1) is 21.6. The Balaban J connectivity index is 1.54. The van der Waals surface area contributed by atoms with Gasteiger partial charge in [-0.2, -0.15) is 28.1 Å². The summed E-state index contributed by atoms with van der Waals surface area (Å²) >= 11 is 5.87. The lowest BCUT2D eigenvalue weighted by atomic mass is 10.1. The number of rotatable bonds is 7. The molecule has 0 saturated heterocycles. The van der Waals surface area contributed by atoms with Crippen LogP contribution in [0.25, 0.3) is 0 Å². The standard InChI is InChI=1S/C20H16ClF3N6O2/c21-13-4-1-11(2-5-13)9-25-17-28-18(30-19(29-17)32-10-20(22,23)24)26-14-6-3-12-7-16(31)27-15(12)8-14/h1-6,8H,7,9-10H2,(H,27,31)(H2,25,26,28,29,30). The van der Waals surface area contributed by atoms with Crippen LogP contribution in [-0.2, 0) is 17.8 Å². The first-order valence-corrected chi connectivity index (χ1v) is 9.75. The van der Waals surface area contributed by atoms with E-state index in [9.17, 15) is 18.0 Å². The van der Waals surface area contributed by atoms with E-state index in [1.807, 2.05) is 0 Å². The van der Waals surface area contributed by atoms with Crippen LogP contribution in [0.1, 0.15) is 11.1 Å². The number of benzene rings is 2. The van der Waals surface area contributed by atoms with Crippen LogP contribution in [-0.4, -0.2) is 33.6 Å². The Morgan fingerprint density at radius 2 is 1.81 bits per heavy atom. The van der Waals surface area contributed by atoms with Gasteiger partial charge in [-0.3, -0.25) is 4.79 Å². The van der Waals surface area contributed by atoms with Gasteiger partial charge < -0.3 is 20.7 Å². The number of carbonyl (C=O) groups is 1. The molecule has 166 valence electrons. The van der Waals surface area contributed by atoms with Crippen LogP contribution in [0.5, 0.6) is 6.01 Å². The van der Waals surface area contributed by atoms with Crippen molar-refractivity contribution in [3.63, 3.8) is 0 Å². The molecule has 0 fully saturated rings. The molecule has 1 aliphatic rings. The Kier molecular flexibility index (Phi) is 5.99. The molecular formula is C20H16ClF3N6O2. The van der Waals surface area contributed by atoms with Crippen LogP contribution in [0, 0.1) is 0 Å². The molecule has 1 aromatic heterocycles. The summed E-state index contributed by atoms with van der Waals surface area (Å²) in [7, 11) is 0. The average molecular weight is 465 g/mol. The van der Waals surface area contributed by atoms with Gasteiger partial charge in [-0.25, -0.2) is 0 Å². The molecule has 2 heterocycles. The van der Waals surface area contributed by atoms with Gasteiger partial charge in [0.2, 0.25) is 17.8 Å². The van der Waals surface area contributed by atoms with Crippen molar-refractivity contribution >= 4 is 40.8 Å². The van der Waals surface area contributed by atoms with Gasteiger partial charge in [0, 0.05) is 22.9 Å². The molecule has 0 atom stereocenters. The lowest BCUT2D eigenvalue weighted by Gasteiger charge is -2.12. The zero-order valence-corrected chi connectivity index (χ0v) is 17.1. The lowest BCUT2D eigenvalue weighted by molar-refractivity contribution is -0.154. The van der Waals surface area contributed by atoms with Crippen molar-refractivity contribution in [2.45, 2.75) is 19.1 Å². The average Bonchev–Trinajstić information content (AvgIpc) is 3.10. The van der Waals surface area contributed by atoms with Gasteiger partial charge in [-0.15, -0.1) is 0 Å². The van der Waals surface area contributed by atoms with Crippen LogP contribution in [0.3, 0.4) is 0 Å². The predicted molar refractivity (Wildman–Crippen MR) is 112 cm³/mol. The van der Waals surface area contributed by atoms with E-state index in [2.05, 4.69) is 30.9 Å². The second kappa shape index (κ2) is 8.87. The number of anilines is 4. The minimum absolute atomic E-state index is 0.0177. The molecule has 3 aromatic rings. The van der Waals surface area contributed by atoms with Crippen LogP contribution >= 0.6 is 11.6 Å². The Morgan fingerprint density at radius 3 is 2.56 bits per heavy atom. The molecule has 0 aliphatic carbocycles. The van der Waals surface area contributed by atoms with E-state index >= 15 is 0 Å². The quantitative estimate of drug-likeness (QED) is 0.478. The molecule has 0 bridgehead atoms. The normalized spacial score (nSPS) is 12.8. The van der Waals surface area contributed by atoms with Crippen LogP contribution in [0.15, 0.2) is 42.5 Å². The molecule has 4 rings (SSSR count). The SMILES string of the molecule is O=C1Cc2ccc(Nc3nc(NCc4ccc(Cl)cc4)nc(OCC(F)(F)F)n3)cc2N1. The molecule has 8 nitrogen and oxygen atoms in total. The van der Waals surface area contributed by atoms with Gasteiger partial charge in [-0.05, 0) is 35.4 Å². The second-order valence-corrected chi connectivity index (χ2v) is 7.31. The summed E-state index contributed by atoms with van der Waals surface area (Å²) in [4.78, 5) is 23.5. The van der Waals surface area contributed by atoms with E-state index in [0.717, 1.165) is 11.1 Å². The number of alkyl halides is 3. The second-order valence-electron chi connectivity index (χ2n) is 6.87. The summed E-state index contributed by atoms with van der Waals surface area (Å²) < 4.78 is 42.4. The third-order valence-electron chi connectivity index (χ3n) is 4.33. The number of amides is 1. The minimum Gasteiger partial charge on any atom is -0.454 e. The summed E-state index contributed by atoms with van der Waals surface area (Å²) in [6.07, 6.45) is -4.26. The highest BCUT2D eigenvalue weighted by molar-refractivity contribution is 6.30.